The molecule has 0 fully saturated rings. The standard InChI is InChI=1S/C9H13N3O3/c1-2-8(13)10-3-4-12-5-7(9(14)15)11-6-12/h5-6H,2-4H2,1H3,(H,10,13)(H,14,15). The molecule has 1 aromatic rings. The van der Waals surface area contributed by atoms with Crippen molar-refractivity contribution in [2.45, 2.75) is 19.9 Å². The van der Waals surface area contributed by atoms with Gasteiger partial charge in [-0.2, -0.15) is 0 Å². The fourth-order valence-electron chi connectivity index (χ4n) is 1.04. The molecule has 0 aliphatic rings. The van der Waals surface area contributed by atoms with E-state index >= 15 is 0 Å². The first-order chi connectivity index (χ1) is 7.13. The smallest absolute Gasteiger partial charge is 0.356 e. The summed E-state index contributed by atoms with van der Waals surface area (Å²) in [5.41, 5.74) is 0.0109. The van der Waals surface area contributed by atoms with Crippen molar-refractivity contribution in [2.24, 2.45) is 0 Å². The van der Waals surface area contributed by atoms with E-state index < -0.39 is 5.97 Å². The van der Waals surface area contributed by atoms with Crippen LogP contribution in [0.25, 0.3) is 0 Å². The van der Waals surface area contributed by atoms with Crippen LogP contribution in [0.4, 0.5) is 0 Å². The lowest BCUT2D eigenvalue weighted by Crippen LogP contribution is -2.25. The van der Waals surface area contributed by atoms with Crippen molar-refractivity contribution in [1.29, 1.82) is 0 Å². The molecule has 0 atom stereocenters. The number of amides is 1. The van der Waals surface area contributed by atoms with Crippen LogP contribution in [0.2, 0.25) is 0 Å². The highest BCUT2D eigenvalue weighted by Crippen LogP contribution is 1.95. The van der Waals surface area contributed by atoms with Gasteiger partial charge in [0.05, 0.1) is 6.33 Å². The largest absolute Gasteiger partial charge is 0.476 e. The van der Waals surface area contributed by atoms with Gasteiger partial charge in [-0.05, 0) is 0 Å². The first-order valence-electron chi connectivity index (χ1n) is 4.65. The molecule has 6 nitrogen and oxygen atoms in total. The van der Waals surface area contributed by atoms with E-state index in [1.807, 2.05) is 0 Å². The Morgan fingerprint density at radius 2 is 2.33 bits per heavy atom. The Hall–Kier alpha value is -1.85. The number of nitrogens with zero attached hydrogens (tertiary/aromatic N) is 2. The zero-order valence-corrected chi connectivity index (χ0v) is 8.43. The van der Waals surface area contributed by atoms with Crippen molar-refractivity contribution in [3.05, 3.63) is 18.2 Å². The molecule has 1 amide bonds. The Bertz CT molecular complexity index is 359. The van der Waals surface area contributed by atoms with Gasteiger partial charge >= 0.3 is 5.97 Å². The van der Waals surface area contributed by atoms with Crippen molar-refractivity contribution >= 4 is 11.9 Å². The summed E-state index contributed by atoms with van der Waals surface area (Å²) in [5.74, 6) is -1.07. The molecule has 0 radical (unpaired) electrons. The molecule has 2 N–H and O–H groups in total. The van der Waals surface area contributed by atoms with Gasteiger partial charge in [-0.15, -0.1) is 0 Å². The number of carboxylic acids is 1. The highest BCUT2D eigenvalue weighted by molar-refractivity contribution is 5.84. The summed E-state index contributed by atoms with van der Waals surface area (Å²) in [7, 11) is 0. The molecule has 0 bridgehead atoms. The molecular weight excluding hydrogens is 198 g/mol. The van der Waals surface area contributed by atoms with Gasteiger partial charge in [-0.25, -0.2) is 9.78 Å². The molecule has 1 rings (SSSR count). The van der Waals surface area contributed by atoms with Gasteiger partial charge in [0.1, 0.15) is 0 Å². The molecule has 0 aromatic carbocycles. The Morgan fingerprint density at radius 1 is 1.60 bits per heavy atom. The Kier molecular flexibility index (Phi) is 3.84. The zero-order valence-electron chi connectivity index (χ0n) is 8.43. The maximum absolute atomic E-state index is 10.9. The average molecular weight is 211 g/mol. The predicted molar refractivity (Wildman–Crippen MR) is 52.5 cm³/mol. The number of carboxylic acid groups (broad SMARTS) is 1. The van der Waals surface area contributed by atoms with Crippen LogP contribution in [0.5, 0.6) is 0 Å². The second-order valence-corrected chi connectivity index (χ2v) is 3.01. The number of hydrogen-bond acceptors (Lipinski definition) is 3. The van der Waals surface area contributed by atoms with Crippen molar-refractivity contribution in [2.75, 3.05) is 6.54 Å². The molecule has 0 unspecified atom stereocenters. The van der Waals surface area contributed by atoms with Crippen LogP contribution in [0, 0.1) is 0 Å². The highest BCUT2D eigenvalue weighted by atomic mass is 16.4. The predicted octanol–water partition coefficient (Wildman–Crippen LogP) is 0.107. The molecule has 0 saturated carbocycles. The molecule has 15 heavy (non-hydrogen) atoms. The zero-order chi connectivity index (χ0) is 11.3. The van der Waals surface area contributed by atoms with Gasteiger partial charge in [0.25, 0.3) is 0 Å². The molecule has 6 heteroatoms. The SMILES string of the molecule is CCC(=O)NCCn1cnc(C(=O)O)c1. The van der Waals surface area contributed by atoms with Crippen LogP contribution in [0.3, 0.4) is 0 Å². The molecule has 0 spiro atoms. The fourth-order valence-corrected chi connectivity index (χ4v) is 1.04. The minimum Gasteiger partial charge on any atom is -0.476 e. The lowest BCUT2D eigenvalue weighted by molar-refractivity contribution is -0.120. The summed E-state index contributed by atoms with van der Waals surface area (Å²) < 4.78 is 1.62. The van der Waals surface area contributed by atoms with Crippen LogP contribution in [0.1, 0.15) is 23.8 Å². The second kappa shape index (κ2) is 5.14. The molecule has 0 aliphatic heterocycles. The summed E-state index contributed by atoms with van der Waals surface area (Å²) in [6.45, 7) is 2.77. The molecule has 0 aliphatic carbocycles. The van der Waals surface area contributed by atoms with E-state index in [0.717, 1.165) is 0 Å². The monoisotopic (exact) mass is 211 g/mol. The lowest BCUT2D eigenvalue weighted by atomic mass is 10.4. The van der Waals surface area contributed by atoms with Crippen LogP contribution in [0.15, 0.2) is 12.5 Å². The topological polar surface area (TPSA) is 84.2 Å². The summed E-state index contributed by atoms with van der Waals surface area (Å²) in [5, 5.41) is 11.3. The quantitative estimate of drug-likeness (QED) is 0.723. The summed E-state index contributed by atoms with van der Waals surface area (Å²) in [4.78, 5) is 25.1. The van der Waals surface area contributed by atoms with Gasteiger partial charge in [0, 0.05) is 25.7 Å². The van der Waals surface area contributed by atoms with Crippen LogP contribution in [-0.2, 0) is 11.3 Å². The number of carbonyl (C=O) groups excluding carboxylic acids is 1. The summed E-state index contributed by atoms with van der Waals surface area (Å²) in [6, 6.07) is 0. The molecule has 1 heterocycles. The number of imidazole rings is 1. The highest BCUT2D eigenvalue weighted by Gasteiger charge is 2.05. The number of aromatic carboxylic acids is 1. The van der Waals surface area contributed by atoms with Gasteiger partial charge in [-0.1, -0.05) is 6.92 Å². The number of carbonyl (C=O) groups is 2. The molecule has 82 valence electrons. The van der Waals surface area contributed by atoms with Gasteiger partial charge in [-0.3, -0.25) is 4.79 Å². The van der Waals surface area contributed by atoms with E-state index in [-0.39, 0.29) is 11.6 Å². The first kappa shape index (κ1) is 11.2. The normalized spacial score (nSPS) is 9.93. The third kappa shape index (κ3) is 3.41. The van der Waals surface area contributed by atoms with Crippen LogP contribution < -0.4 is 5.32 Å². The molecule has 0 saturated heterocycles. The van der Waals surface area contributed by atoms with E-state index in [4.69, 9.17) is 5.11 Å². The van der Waals surface area contributed by atoms with E-state index in [0.29, 0.717) is 19.5 Å². The van der Waals surface area contributed by atoms with E-state index in [1.54, 1.807) is 11.5 Å². The minimum atomic E-state index is -1.05. The molecular formula is C9H13N3O3. The minimum absolute atomic E-state index is 0.0109. The fraction of sp³-hybridized carbons (Fsp3) is 0.444. The van der Waals surface area contributed by atoms with E-state index in [2.05, 4.69) is 10.3 Å². The van der Waals surface area contributed by atoms with Crippen LogP contribution >= 0.6 is 0 Å². The Balaban J connectivity index is 2.38. The summed E-state index contributed by atoms with van der Waals surface area (Å²) >= 11 is 0. The van der Waals surface area contributed by atoms with E-state index in [1.165, 1.54) is 12.5 Å². The maximum Gasteiger partial charge on any atom is 0.356 e. The van der Waals surface area contributed by atoms with Crippen molar-refractivity contribution in [3.63, 3.8) is 0 Å². The first-order valence-corrected chi connectivity index (χ1v) is 4.65. The third-order valence-corrected chi connectivity index (χ3v) is 1.87. The van der Waals surface area contributed by atoms with Crippen molar-refractivity contribution in [3.8, 4) is 0 Å². The summed E-state index contributed by atoms with van der Waals surface area (Å²) in [6.07, 6.45) is 3.31. The number of rotatable bonds is 5. The van der Waals surface area contributed by atoms with Crippen molar-refractivity contribution < 1.29 is 14.7 Å². The van der Waals surface area contributed by atoms with Crippen LogP contribution in [-0.4, -0.2) is 33.1 Å². The number of hydrogen-bond donors (Lipinski definition) is 2. The second-order valence-electron chi connectivity index (χ2n) is 3.01. The Labute approximate surface area is 86.9 Å². The number of nitrogens with one attached hydrogen (secondary N) is 1. The van der Waals surface area contributed by atoms with Gasteiger partial charge in [0.15, 0.2) is 5.69 Å². The Morgan fingerprint density at radius 3 is 2.87 bits per heavy atom. The third-order valence-electron chi connectivity index (χ3n) is 1.87. The average Bonchev–Trinajstić information content (AvgIpc) is 2.66. The van der Waals surface area contributed by atoms with Crippen molar-refractivity contribution in [1.82, 2.24) is 14.9 Å². The number of aromatic nitrogens is 2. The molecule has 1 aromatic heterocycles. The lowest BCUT2D eigenvalue weighted by Gasteiger charge is -2.03. The van der Waals surface area contributed by atoms with Gasteiger partial charge in [0.2, 0.25) is 5.91 Å². The van der Waals surface area contributed by atoms with E-state index in [9.17, 15) is 9.59 Å². The van der Waals surface area contributed by atoms with Gasteiger partial charge < -0.3 is 15.0 Å². The maximum atomic E-state index is 10.9.